The van der Waals surface area contributed by atoms with Crippen molar-refractivity contribution in [2.24, 2.45) is 13.0 Å². The van der Waals surface area contributed by atoms with Crippen LogP contribution in [0.25, 0.3) is 0 Å². The van der Waals surface area contributed by atoms with Gasteiger partial charge in [-0.2, -0.15) is 0 Å². The molecule has 0 bridgehead atoms. The average Bonchev–Trinajstić information content (AvgIpc) is 2.74. The monoisotopic (exact) mass is 223 g/mol. The number of carbonyl (C=O) groups is 1. The summed E-state index contributed by atoms with van der Waals surface area (Å²) in [6, 6.07) is 0. The maximum absolute atomic E-state index is 11.5. The summed E-state index contributed by atoms with van der Waals surface area (Å²) in [5.74, 6) is 0.794. The van der Waals surface area contributed by atoms with E-state index in [1.54, 1.807) is 6.20 Å². The Morgan fingerprint density at radius 1 is 1.62 bits per heavy atom. The van der Waals surface area contributed by atoms with Crippen molar-refractivity contribution in [3.63, 3.8) is 0 Å². The highest BCUT2D eigenvalue weighted by Gasteiger charge is 2.27. The molecule has 2 rings (SSSR count). The number of aromatic nitrogens is 2. The molecule has 0 spiro atoms. The number of piperidine rings is 1. The number of hydrogen-bond donors (Lipinski definition) is 0. The van der Waals surface area contributed by atoms with Gasteiger partial charge in [-0.1, -0.05) is 0 Å². The van der Waals surface area contributed by atoms with Gasteiger partial charge in [0.2, 0.25) is 5.95 Å². The van der Waals surface area contributed by atoms with E-state index in [2.05, 4.69) is 9.88 Å². The maximum atomic E-state index is 11.5. The van der Waals surface area contributed by atoms with Gasteiger partial charge in [-0.25, -0.2) is 4.98 Å². The molecule has 0 radical (unpaired) electrons. The molecule has 1 atom stereocenters. The number of nitrogens with zero attached hydrogens (tertiary/aromatic N) is 3. The molecule has 1 aromatic heterocycles. The fraction of sp³-hybridized carbons (Fsp3) is 0.636. The van der Waals surface area contributed by atoms with Crippen LogP contribution in [-0.4, -0.2) is 35.7 Å². The third-order valence-electron chi connectivity index (χ3n) is 3.03. The van der Waals surface area contributed by atoms with Crippen LogP contribution in [-0.2, 0) is 16.6 Å². The van der Waals surface area contributed by atoms with Gasteiger partial charge in [-0.3, -0.25) is 4.79 Å². The molecule has 1 saturated heterocycles. The van der Waals surface area contributed by atoms with Crippen molar-refractivity contribution in [3.05, 3.63) is 12.4 Å². The molecular formula is C11H17N3O2. The lowest BCUT2D eigenvalue weighted by Gasteiger charge is -2.31. The van der Waals surface area contributed by atoms with Crippen molar-refractivity contribution < 1.29 is 9.53 Å². The van der Waals surface area contributed by atoms with Crippen LogP contribution >= 0.6 is 0 Å². The average molecular weight is 223 g/mol. The Labute approximate surface area is 95.0 Å². The smallest absolute Gasteiger partial charge is 0.310 e. The highest BCUT2D eigenvalue weighted by Crippen LogP contribution is 2.22. The van der Waals surface area contributed by atoms with Gasteiger partial charge in [0.25, 0.3) is 0 Å². The van der Waals surface area contributed by atoms with E-state index in [-0.39, 0.29) is 11.9 Å². The fourth-order valence-corrected chi connectivity index (χ4v) is 2.18. The van der Waals surface area contributed by atoms with E-state index in [4.69, 9.17) is 4.74 Å². The van der Waals surface area contributed by atoms with Crippen LogP contribution in [0.4, 0.5) is 5.95 Å². The number of hydrogen-bond acceptors (Lipinski definition) is 4. The minimum absolute atomic E-state index is 0.0181. The van der Waals surface area contributed by atoms with E-state index in [1.165, 1.54) is 7.11 Å². The Morgan fingerprint density at radius 3 is 3.06 bits per heavy atom. The van der Waals surface area contributed by atoms with E-state index >= 15 is 0 Å². The summed E-state index contributed by atoms with van der Waals surface area (Å²) < 4.78 is 6.76. The molecule has 1 aromatic rings. The third kappa shape index (κ3) is 2.03. The number of rotatable bonds is 2. The molecule has 0 aliphatic carbocycles. The lowest BCUT2D eigenvalue weighted by atomic mass is 9.98. The number of imidazole rings is 1. The van der Waals surface area contributed by atoms with E-state index in [0.29, 0.717) is 6.54 Å². The zero-order valence-electron chi connectivity index (χ0n) is 9.72. The predicted molar refractivity (Wildman–Crippen MR) is 60.2 cm³/mol. The Bertz CT molecular complexity index is 375. The number of methoxy groups -OCH3 is 1. The normalized spacial score (nSPS) is 20.9. The zero-order chi connectivity index (χ0) is 11.5. The molecule has 88 valence electrons. The van der Waals surface area contributed by atoms with E-state index in [1.807, 2.05) is 17.8 Å². The number of anilines is 1. The lowest BCUT2D eigenvalue weighted by Crippen LogP contribution is -2.40. The van der Waals surface area contributed by atoms with Crippen LogP contribution in [0.15, 0.2) is 12.4 Å². The summed E-state index contributed by atoms with van der Waals surface area (Å²) in [6.07, 6.45) is 5.61. The second kappa shape index (κ2) is 4.55. The second-order valence-corrected chi connectivity index (χ2v) is 4.15. The zero-order valence-corrected chi connectivity index (χ0v) is 9.72. The van der Waals surface area contributed by atoms with Crippen molar-refractivity contribution >= 4 is 11.9 Å². The molecule has 5 nitrogen and oxygen atoms in total. The highest BCUT2D eigenvalue weighted by molar-refractivity contribution is 5.73. The molecule has 1 unspecified atom stereocenters. The molecule has 0 saturated carbocycles. The highest BCUT2D eigenvalue weighted by atomic mass is 16.5. The van der Waals surface area contributed by atoms with Gasteiger partial charge < -0.3 is 14.2 Å². The third-order valence-corrected chi connectivity index (χ3v) is 3.03. The van der Waals surface area contributed by atoms with Crippen LogP contribution in [0.3, 0.4) is 0 Å². The van der Waals surface area contributed by atoms with E-state index in [9.17, 15) is 4.79 Å². The molecular weight excluding hydrogens is 206 g/mol. The summed E-state index contributed by atoms with van der Waals surface area (Å²) in [5, 5.41) is 0. The Hall–Kier alpha value is -1.52. The van der Waals surface area contributed by atoms with Crippen LogP contribution in [0.5, 0.6) is 0 Å². The number of esters is 1. The van der Waals surface area contributed by atoms with Crippen molar-refractivity contribution in [1.82, 2.24) is 9.55 Å². The SMILES string of the molecule is COC(=O)C1CCCN(c2nccn2C)C1. The predicted octanol–water partition coefficient (Wildman–Crippen LogP) is 0.809. The summed E-state index contributed by atoms with van der Waals surface area (Å²) in [4.78, 5) is 17.9. The lowest BCUT2D eigenvalue weighted by molar-refractivity contribution is -0.145. The van der Waals surface area contributed by atoms with Gasteiger partial charge in [-0.15, -0.1) is 0 Å². The number of carbonyl (C=O) groups excluding carboxylic acids is 1. The summed E-state index contributed by atoms with van der Waals surface area (Å²) in [5.41, 5.74) is 0. The molecule has 2 heterocycles. The standard InChI is InChI=1S/C11H17N3O2/c1-13-7-5-12-11(13)14-6-3-4-9(8-14)10(15)16-2/h5,7,9H,3-4,6,8H2,1-2H3. The molecule has 1 aliphatic heterocycles. The first kappa shape index (κ1) is 11.0. The topological polar surface area (TPSA) is 47.4 Å². The van der Waals surface area contributed by atoms with Crippen molar-refractivity contribution in [2.75, 3.05) is 25.1 Å². The quantitative estimate of drug-likeness (QED) is 0.696. The number of ether oxygens (including phenoxy) is 1. The first-order valence-electron chi connectivity index (χ1n) is 5.52. The van der Waals surface area contributed by atoms with Crippen LogP contribution in [0.2, 0.25) is 0 Å². The first-order valence-corrected chi connectivity index (χ1v) is 5.52. The van der Waals surface area contributed by atoms with Gasteiger partial charge in [-0.05, 0) is 12.8 Å². The van der Waals surface area contributed by atoms with E-state index in [0.717, 1.165) is 25.3 Å². The summed E-state index contributed by atoms with van der Waals surface area (Å²) in [7, 11) is 3.41. The van der Waals surface area contributed by atoms with Crippen molar-refractivity contribution in [3.8, 4) is 0 Å². The molecule has 16 heavy (non-hydrogen) atoms. The molecule has 1 aliphatic rings. The van der Waals surface area contributed by atoms with Gasteiger partial charge in [0.15, 0.2) is 0 Å². The van der Waals surface area contributed by atoms with Gasteiger partial charge >= 0.3 is 5.97 Å². The fourth-order valence-electron chi connectivity index (χ4n) is 2.18. The molecule has 5 heteroatoms. The second-order valence-electron chi connectivity index (χ2n) is 4.15. The van der Waals surface area contributed by atoms with Gasteiger partial charge in [0, 0.05) is 32.5 Å². The van der Waals surface area contributed by atoms with Crippen LogP contribution in [0, 0.1) is 5.92 Å². The minimum Gasteiger partial charge on any atom is -0.469 e. The van der Waals surface area contributed by atoms with Crippen LogP contribution < -0.4 is 4.90 Å². The largest absolute Gasteiger partial charge is 0.469 e. The summed E-state index contributed by atoms with van der Waals surface area (Å²) >= 11 is 0. The first-order chi connectivity index (χ1) is 7.72. The van der Waals surface area contributed by atoms with Gasteiger partial charge in [0.1, 0.15) is 0 Å². The molecule has 0 amide bonds. The van der Waals surface area contributed by atoms with E-state index < -0.39 is 0 Å². The Balaban J connectivity index is 2.07. The molecule has 0 N–H and O–H groups in total. The molecule has 1 fully saturated rings. The maximum Gasteiger partial charge on any atom is 0.310 e. The molecule has 0 aromatic carbocycles. The van der Waals surface area contributed by atoms with Crippen LogP contribution in [0.1, 0.15) is 12.8 Å². The minimum atomic E-state index is -0.112. The number of aryl methyl sites for hydroxylation is 1. The van der Waals surface area contributed by atoms with Gasteiger partial charge in [0.05, 0.1) is 13.0 Å². The van der Waals surface area contributed by atoms with Crippen molar-refractivity contribution in [2.45, 2.75) is 12.8 Å². The Kier molecular flexibility index (Phi) is 3.12. The Morgan fingerprint density at radius 2 is 2.44 bits per heavy atom. The summed E-state index contributed by atoms with van der Waals surface area (Å²) in [6.45, 7) is 1.66. The van der Waals surface area contributed by atoms with Crippen molar-refractivity contribution in [1.29, 1.82) is 0 Å².